The molecular weight excluding hydrogens is 266 g/mol. The summed E-state index contributed by atoms with van der Waals surface area (Å²) in [4.78, 5) is 4.08. The first-order chi connectivity index (χ1) is 8.81. The van der Waals surface area contributed by atoms with Crippen LogP contribution in [0.4, 0.5) is 0 Å². The number of nitrogens with one attached hydrogen (secondary N) is 1. The number of aliphatic hydroxyl groups is 1. The van der Waals surface area contributed by atoms with E-state index in [2.05, 4.69) is 9.71 Å². The van der Waals surface area contributed by atoms with Crippen molar-refractivity contribution in [3.63, 3.8) is 0 Å². The van der Waals surface area contributed by atoms with Crippen molar-refractivity contribution >= 4 is 10.0 Å². The lowest BCUT2D eigenvalue weighted by Gasteiger charge is -2.18. The van der Waals surface area contributed by atoms with Gasteiger partial charge in [-0.1, -0.05) is 20.8 Å². The van der Waals surface area contributed by atoms with Crippen molar-refractivity contribution in [3.05, 3.63) is 12.0 Å². The molecule has 6 nitrogen and oxygen atoms in total. The van der Waals surface area contributed by atoms with Crippen LogP contribution in [0.25, 0.3) is 0 Å². The Labute approximate surface area is 114 Å². The third kappa shape index (κ3) is 4.02. The lowest BCUT2D eigenvalue weighted by Crippen LogP contribution is -2.41. The second-order valence-corrected chi connectivity index (χ2v) is 6.63. The Kier molecular flexibility index (Phi) is 5.51. The van der Waals surface area contributed by atoms with Gasteiger partial charge in [0.2, 0.25) is 0 Å². The van der Waals surface area contributed by atoms with Gasteiger partial charge in [0, 0.05) is 18.8 Å². The molecule has 0 aromatic carbocycles. The zero-order valence-corrected chi connectivity index (χ0v) is 12.7. The summed E-state index contributed by atoms with van der Waals surface area (Å²) in [7, 11) is -3.68. The molecule has 110 valence electrons. The van der Waals surface area contributed by atoms with Crippen molar-refractivity contribution in [2.45, 2.75) is 51.7 Å². The van der Waals surface area contributed by atoms with Gasteiger partial charge in [0.15, 0.2) is 5.03 Å². The highest BCUT2D eigenvalue weighted by Gasteiger charge is 2.24. The maximum atomic E-state index is 12.2. The number of nitrogens with zero attached hydrogens (tertiary/aromatic N) is 2. The first kappa shape index (κ1) is 16.1. The van der Waals surface area contributed by atoms with Crippen molar-refractivity contribution in [1.82, 2.24) is 14.3 Å². The molecule has 0 amide bonds. The Morgan fingerprint density at radius 2 is 2.11 bits per heavy atom. The quantitative estimate of drug-likeness (QED) is 0.781. The van der Waals surface area contributed by atoms with Gasteiger partial charge in [-0.2, -0.15) is 0 Å². The average molecular weight is 289 g/mol. The third-order valence-electron chi connectivity index (χ3n) is 3.00. The topological polar surface area (TPSA) is 84.2 Å². The summed E-state index contributed by atoms with van der Waals surface area (Å²) in [5, 5.41) is 9.21. The van der Waals surface area contributed by atoms with Crippen molar-refractivity contribution in [3.8, 4) is 0 Å². The van der Waals surface area contributed by atoms with E-state index in [0.717, 1.165) is 13.0 Å². The molecule has 1 atom stereocenters. The second-order valence-electron chi connectivity index (χ2n) is 4.97. The zero-order valence-electron chi connectivity index (χ0n) is 11.9. The SMILES string of the molecule is CCCn1cc(S(=O)(=O)NC(CO)C(C)C)nc1C. The van der Waals surface area contributed by atoms with Gasteiger partial charge < -0.3 is 9.67 Å². The highest BCUT2D eigenvalue weighted by atomic mass is 32.2. The predicted octanol–water partition coefficient (Wildman–Crippen LogP) is 0.897. The zero-order chi connectivity index (χ0) is 14.6. The van der Waals surface area contributed by atoms with Gasteiger partial charge >= 0.3 is 0 Å². The molecular formula is C12H23N3O3S. The van der Waals surface area contributed by atoms with Crippen LogP contribution in [0.3, 0.4) is 0 Å². The van der Waals surface area contributed by atoms with Crippen molar-refractivity contribution in [1.29, 1.82) is 0 Å². The third-order valence-corrected chi connectivity index (χ3v) is 4.36. The Morgan fingerprint density at radius 1 is 1.47 bits per heavy atom. The van der Waals surface area contributed by atoms with Crippen LogP contribution in [0.5, 0.6) is 0 Å². The number of aryl methyl sites for hydroxylation is 2. The summed E-state index contributed by atoms with van der Waals surface area (Å²) in [6, 6.07) is -0.498. The minimum absolute atomic E-state index is 0.0116. The lowest BCUT2D eigenvalue weighted by atomic mass is 10.1. The number of aromatic nitrogens is 2. The van der Waals surface area contributed by atoms with Crippen LogP contribution < -0.4 is 4.72 Å². The predicted molar refractivity (Wildman–Crippen MR) is 73.3 cm³/mol. The monoisotopic (exact) mass is 289 g/mol. The second kappa shape index (κ2) is 6.49. The molecule has 0 aliphatic rings. The van der Waals surface area contributed by atoms with E-state index >= 15 is 0 Å². The summed E-state index contributed by atoms with van der Waals surface area (Å²) in [5.74, 6) is 0.686. The summed E-state index contributed by atoms with van der Waals surface area (Å²) < 4.78 is 28.7. The van der Waals surface area contributed by atoms with Crippen LogP contribution in [0, 0.1) is 12.8 Å². The average Bonchev–Trinajstić information content (AvgIpc) is 2.69. The normalized spacial score (nSPS) is 14.0. The van der Waals surface area contributed by atoms with Gasteiger partial charge in [0.25, 0.3) is 10.0 Å². The molecule has 0 aliphatic heterocycles. The molecule has 0 bridgehead atoms. The van der Waals surface area contributed by atoms with E-state index in [4.69, 9.17) is 0 Å². The summed E-state index contributed by atoms with van der Waals surface area (Å²) >= 11 is 0. The minimum Gasteiger partial charge on any atom is -0.395 e. The van der Waals surface area contributed by atoms with E-state index in [1.54, 1.807) is 6.92 Å². The highest BCUT2D eigenvalue weighted by molar-refractivity contribution is 7.89. The molecule has 0 spiro atoms. The van der Waals surface area contributed by atoms with Crippen molar-refractivity contribution in [2.75, 3.05) is 6.61 Å². The van der Waals surface area contributed by atoms with Gasteiger partial charge in [0.05, 0.1) is 6.61 Å². The molecule has 2 N–H and O–H groups in total. The van der Waals surface area contributed by atoms with Crippen molar-refractivity contribution in [2.24, 2.45) is 5.92 Å². The molecule has 0 fully saturated rings. The summed E-state index contributed by atoms with van der Waals surface area (Å²) in [6.45, 7) is 8.01. The molecule has 1 aromatic rings. The van der Waals surface area contributed by atoms with E-state index in [-0.39, 0.29) is 17.6 Å². The van der Waals surface area contributed by atoms with Gasteiger partial charge in [0.1, 0.15) is 5.82 Å². The molecule has 1 heterocycles. The van der Waals surface area contributed by atoms with Gasteiger partial charge in [-0.15, -0.1) is 0 Å². The van der Waals surface area contributed by atoms with E-state index in [0.29, 0.717) is 5.82 Å². The van der Waals surface area contributed by atoms with Gasteiger partial charge in [-0.05, 0) is 19.3 Å². The van der Waals surface area contributed by atoms with Crippen molar-refractivity contribution < 1.29 is 13.5 Å². The molecule has 7 heteroatoms. The van der Waals surface area contributed by atoms with Crippen LogP contribution in [0.1, 0.15) is 33.0 Å². The van der Waals surface area contributed by atoms with Crippen LogP contribution in [-0.2, 0) is 16.6 Å². The van der Waals surface area contributed by atoms with Gasteiger partial charge in [-0.25, -0.2) is 18.1 Å². The standard InChI is InChI=1S/C12H23N3O3S/c1-5-6-15-7-12(13-10(15)4)19(17,18)14-11(8-16)9(2)3/h7,9,11,14,16H,5-6,8H2,1-4H3. The number of rotatable bonds is 7. The number of sulfonamides is 1. The first-order valence-corrected chi connectivity index (χ1v) is 7.97. The van der Waals surface area contributed by atoms with E-state index in [9.17, 15) is 13.5 Å². The summed E-state index contributed by atoms with van der Waals surface area (Å²) in [6.07, 6.45) is 2.45. The molecule has 1 unspecified atom stereocenters. The van der Waals surface area contributed by atoms with E-state index in [1.807, 2.05) is 25.3 Å². The molecule has 0 aliphatic carbocycles. The highest BCUT2D eigenvalue weighted by Crippen LogP contribution is 2.12. The van der Waals surface area contributed by atoms with Crippen LogP contribution in [0.2, 0.25) is 0 Å². The molecule has 0 saturated carbocycles. The van der Waals surface area contributed by atoms with Crippen LogP contribution in [0.15, 0.2) is 11.2 Å². The number of hydrogen-bond acceptors (Lipinski definition) is 4. The smallest absolute Gasteiger partial charge is 0.259 e. The molecule has 0 radical (unpaired) electrons. The molecule has 1 aromatic heterocycles. The maximum Gasteiger partial charge on any atom is 0.259 e. The number of hydrogen-bond donors (Lipinski definition) is 2. The number of imidazole rings is 1. The number of aliphatic hydroxyl groups excluding tert-OH is 1. The summed E-state index contributed by atoms with van der Waals surface area (Å²) in [5.41, 5.74) is 0. The lowest BCUT2D eigenvalue weighted by molar-refractivity contribution is 0.227. The van der Waals surface area contributed by atoms with E-state index in [1.165, 1.54) is 6.20 Å². The first-order valence-electron chi connectivity index (χ1n) is 6.48. The van der Waals surface area contributed by atoms with Crippen LogP contribution in [-0.4, -0.2) is 35.7 Å². The molecule has 0 saturated heterocycles. The Morgan fingerprint density at radius 3 is 2.58 bits per heavy atom. The fourth-order valence-electron chi connectivity index (χ4n) is 1.72. The molecule has 1 rings (SSSR count). The Hall–Kier alpha value is -0.920. The fraction of sp³-hybridized carbons (Fsp3) is 0.750. The van der Waals surface area contributed by atoms with E-state index < -0.39 is 16.1 Å². The molecule has 19 heavy (non-hydrogen) atoms. The Bertz CT molecular complexity index is 508. The Balaban J connectivity index is 2.97. The van der Waals surface area contributed by atoms with Crippen LogP contribution >= 0.6 is 0 Å². The largest absolute Gasteiger partial charge is 0.395 e. The van der Waals surface area contributed by atoms with Gasteiger partial charge in [-0.3, -0.25) is 0 Å². The fourth-order valence-corrected chi connectivity index (χ4v) is 3.10. The minimum atomic E-state index is -3.68. The maximum absolute atomic E-state index is 12.2.